The van der Waals surface area contributed by atoms with Crippen LogP contribution in [0.2, 0.25) is 0 Å². The minimum atomic E-state index is -0.656. The van der Waals surface area contributed by atoms with Gasteiger partial charge in [0.2, 0.25) is 5.43 Å². The van der Waals surface area contributed by atoms with Crippen molar-refractivity contribution in [2.75, 3.05) is 41.0 Å². The van der Waals surface area contributed by atoms with Gasteiger partial charge in [0.1, 0.15) is 12.2 Å². The molecule has 0 aliphatic carbocycles. The maximum atomic E-state index is 13.7. The number of ether oxygens (including phenoxy) is 2. The SMILES string of the molecule is COCCN1C[C@H](Cc2ccccc2)n2cc(C(=O)N(C)OC)c(=O)c(OCc3ccccc3)c2C1=O. The molecule has 3 aromatic rings. The molecule has 0 bridgehead atoms. The molecule has 4 rings (SSSR count). The Morgan fingerprint density at radius 3 is 2.27 bits per heavy atom. The summed E-state index contributed by atoms with van der Waals surface area (Å²) in [7, 11) is 4.35. The fourth-order valence-electron chi connectivity index (χ4n) is 4.39. The minimum Gasteiger partial charge on any atom is -0.483 e. The summed E-state index contributed by atoms with van der Waals surface area (Å²) in [4.78, 5) is 47.1. The molecule has 0 saturated heterocycles. The highest BCUT2D eigenvalue weighted by molar-refractivity contribution is 5.99. The monoisotopic (exact) mass is 505 g/mol. The van der Waals surface area contributed by atoms with Gasteiger partial charge in [-0.25, -0.2) is 5.06 Å². The summed E-state index contributed by atoms with van der Waals surface area (Å²) >= 11 is 0. The Morgan fingerprint density at radius 2 is 1.65 bits per heavy atom. The van der Waals surface area contributed by atoms with Crippen LogP contribution in [0.4, 0.5) is 0 Å². The standard InChI is InChI=1S/C28H31N3O6/c1-29(36-3)27(33)23-18-31-22(16-20-10-6-4-7-11-20)17-30(14-15-35-2)28(34)24(31)26(25(23)32)37-19-21-12-8-5-9-13-21/h4-13,18,22H,14-17,19H2,1-3H3/t22-/m0/s1. The van der Waals surface area contributed by atoms with Crippen LogP contribution in [0, 0.1) is 0 Å². The first-order valence-electron chi connectivity index (χ1n) is 12.0. The van der Waals surface area contributed by atoms with Crippen molar-refractivity contribution in [3.63, 3.8) is 0 Å². The lowest BCUT2D eigenvalue weighted by molar-refractivity contribution is -0.0758. The molecule has 0 unspecified atom stereocenters. The average Bonchev–Trinajstić information content (AvgIpc) is 2.93. The molecule has 1 aromatic heterocycles. The van der Waals surface area contributed by atoms with Gasteiger partial charge in [-0.1, -0.05) is 60.7 Å². The number of fused-ring (bicyclic) bond motifs is 1. The van der Waals surface area contributed by atoms with Gasteiger partial charge in [0.15, 0.2) is 11.4 Å². The van der Waals surface area contributed by atoms with Gasteiger partial charge in [-0.05, 0) is 17.5 Å². The largest absolute Gasteiger partial charge is 0.483 e. The third kappa shape index (κ3) is 5.73. The smallest absolute Gasteiger partial charge is 0.282 e. The summed E-state index contributed by atoms with van der Waals surface area (Å²) in [6.45, 7) is 1.16. The van der Waals surface area contributed by atoms with Gasteiger partial charge >= 0.3 is 0 Å². The zero-order valence-corrected chi connectivity index (χ0v) is 21.3. The normalized spacial score (nSPS) is 14.8. The van der Waals surface area contributed by atoms with Crippen LogP contribution in [0.3, 0.4) is 0 Å². The van der Waals surface area contributed by atoms with E-state index in [1.807, 2.05) is 60.7 Å². The van der Waals surface area contributed by atoms with Crippen molar-refractivity contribution in [1.82, 2.24) is 14.5 Å². The van der Waals surface area contributed by atoms with Crippen molar-refractivity contribution in [2.45, 2.75) is 19.1 Å². The summed E-state index contributed by atoms with van der Waals surface area (Å²) in [5, 5.41) is 0.979. The number of hydrogen-bond acceptors (Lipinski definition) is 6. The topological polar surface area (TPSA) is 90.3 Å². The van der Waals surface area contributed by atoms with Gasteiger partial charge in [0.05, 0.1) is 19.8 Å². The van der Waals surface area contributed by atoms with Crippen molar-refractivity contribution in [2.24, 2.45) is 0 Å². The lowest BCUT2D eigenvalue weighted by Gasteiger charge is -2.37. The lowest BCUT2D eigenvalue weighted by Crippen LogP contribution is -2.47. The number of carbonyl (C=O) groups excluding carboxylic acids is 2. The fraction of sp³-hybridized carbons (Fsp3) is 0.321. The second kappa shape index (κ2) is 11.9. The second-order valence-corrected chi connectivity index (χ2v) is 8.80. The van der Waals surface area contributed by atoms with Crippen LogP contribution >= 0.6 is 0 Å². The molecule has 0 N–H and O–H groups in total. The highest BCUT2D eigenvalue weighted by atomic mass is 16.7. The zero-order chi connectivity index (χ0) is 26.4. The number of carbonyl (C=O) groups is 2. The summed E-state index contributed by atoms with van der Waals surface area (Å²) in [6, 6.07) is 19.0. The fourth-order valence-corrected chi connectivity index (χ4v) is 4.39. The number of hydroxylamine groups is 2. The van der Waals surface area contributed by atoms with Crippen LogP contribution in [0.15, 0.2) is 71.7 Å². The van der Waals surface area contributed by atoms with Gasteiger partial charge in [-0.3, -0.25) is 19.2 Å². The van der Waals surface area contributed by atoms with Crippen LogP contribution in [0.25, 0.3) is 0 Å². The number of pyridine rings is 1. The Morgan fingerprint density at radius 1 is 1.00 bits per heavy atom. The summed E-state index contributed by atoms with van der Waals surface area (Å²) < 4.78 is 13.0. The van der Waals surface area contributed by atoms with Crippen LogP contribution < -0.4 is 10.2 Å². The quantitative estimate of drug-likeness (QED) is 0.394. The molecule has 194 valence electrons. The van der Waals surface area contributed by atoms with E-state index in [0.29, 0.717) is 26.1 Å². The summed E-state index contributed by atoms with van der Waals surface area (Å²) in [6.07, 6.45) is 2.05. The molecule has 1 aliphatic heterocycles. The predicted molar refractivity (Wildman–Crippen MR) is 138 cm³/mol. The van der Waals surface area contributed by atoms with Crippen molar-refractivity contribution in [3.8, 4) is 5.75 Å². The first-order valence-corrected chi connectivity index (χ1v) is 12.0. The van der Waals surface area contributed by atoms with E-state index >= 15 is 0 Å². The molecule has 2 aromatic carbocycles. The van der Waals surface area contributed by atoms with Crippen LogP contribution in [0.1, 0.15) is 38.0 Å². The van der Waals surface area contributed by atoms with E-state index in [4.69, 9.17) is 14.3 Å². The number of methoxy groups -OCH3 is 1. The molecular formula is C28H31N3O6. The Hall–Kier alpha value is -3.95. The Labute approximate surface area is 215 Å². The maximum Gasteiger partial charge on any atom is 0.282 e. The first kappa shape index (κ1) is 26.1. The minimum absolute atomic E-state index is 0.0650. The number of benzene rings is 2. The number of rotatable bonds is 10. The zero-order valence-electron chi connectivity index (χ0n) is 21.3. The van der Waals surface area contributed by atoms with E-state index in [2.05, 4.69) is 0 Å². The van der Waals surface area contributed by atoms with E-state index in [1.165, 1.54) is 20.4 Å². The highest BCUT2D eigenvalue weighted by Crippen LogP contribution is 2.30. The van der Waals surface area contributed by atoms with E-state index in [9.17, 15) is 14.4 Å². The van der Waals surface area contributed by atoms with Crippen molar-refractivity contribution in [3.05, 3.63) is 99.5 Å². The Balaban J connectivity index is 1.86. The molecule has 2 amide bonds. The van der Waals surface area contributed by atoms with E-state index in [1.54, 1.807) is 16.6 Å². The third-order valence-corrected chi connectivity index (χ3v) is 6.40. The molecule has 37 heavy (non-hydrogen) atoms. The molecule has 2 heterocycles. The van der Waals surface area contributed by atoms with E-state index in [0.717, 1.165) is 16.2 Å². The first-order chi connectivity index (χ1) is 17.9. The second-order valence-electron chi connectivity index (χ2n) is 8.80. The van der Waals surface area contributed by atoms with Gasteiger partial charge in [0.25, 0.3) is 11.8 Å². The molecule has 0 spiro atoms. The molecule has 0 saturated carbocycles. The van der Waals surface area contributed by atoms with Crippen LogP contribution in [-0.2, 0) is 22.6 Å². The van der Waals surface area contributed by atoms with Crippen LogP contribution in [-0.4, -0.2) is 67.3 Å². The van der Waals surface area contributed by atoms with Gasteiger partial charge in [-0.2, -0.15) is 0 Å². The summed E-state index contributed by atoms with van der Waals surface area (Å²) in [5.74, 6) is -1.12. The molecule has 1 atom stereocenters. The van der Waals surface area contributed by atoms with Crippen molar-refractivity contribution in [1.29, 1.82) is 0 Å². The van der Waals surface area contributed by atoms with Crippen molar-refractivity contribution < 1.29 is 23.9 Å². The molecule has 9 nitrogen and oxygen atoms in total. The maximum absolute atomic E-state index is 13.7. The molecule has 0 fully saturated rings. The molecule has 0 radical (unpaired) electrons. The van der Waals surface area contributed by atoms with Crippen LogP contribution in [0.5, 0.6) is 5.75 Å². The van der Waals surface area contributed by atoms with Crippen molar-refractivity contribution >= 4 is 11.8 Å². The van der Waals surface area contributed by atoms with Gasteiger partial charge in [0, 0.05) is 33.4 Å². The third-order valence-electron chi connectivity index (χ3n) is 6.40. The van der Waals surface area contributed by atoms with E-state index in [-0.39, 0.29) is 35.6 Å². The van der Waals surface area contributed by atoms with E-state index < -0.39 is 11.3 Å². The highest BCUT2D eigenvalue weighted by Gasteiger charge is 2.36. The number of aromatic nitrogens is 1. The number of amides is 2. The lowest BCUT2D eigenvalue weighted by atomic mass is 10.0. The van der Waals surface area contributed by atoms with Gasteiger partial charge < -0.3 is 18.9 Å². The Bertz CT molecular complexity index is 1290. The number of hydrogen-bond donors (Lipinski definition) is 0. The Kier molecular flexibility index (Phi) is 8.37. The number of nitrogens with zero attached hydrogens (tertiary/aromatic N) is 3. The average molecular weight is 506 g/mol. The molecule has 9 heteroatoms. The molecule has 1 aliphatic rings. The summed E-state index contributed by atoms with van der Waals surface area (Å²) in [5.41, 5.74) is 1.23. The molecular weight excluding hydrogens is 474 g/mol. The predicted octanol–water partition coefficient (Wildman–Crippen LogP) is 2.95. The van der Waals surface area contributed by atoms with Gasteiger partial charge in [-0.15, -0.1) is 0 Å².